The largest absolute Gasteiger partial charge is 0.345 e. The number of hydrogen-bond acceptors (Lipinski definition) is 4. The monoisotopic (exact) mass is 375 g/mol. The van der Waals surface area contributed by atoms with Gasteiger partial charge in [0.2, 0.25) is 0 Å². The molecule has 3 rings (SSSR count). The second-order valence-corrected chi connectivity index (χ2v) is 7.00. The van der Waals surface area contributed by atoms with Gasteiger partial charge >= 0.3 is 0 Å². The first-order valence-electron chi connectivity index (χ1n) is 8.20. The Labute approximate surface area is 161 Å². The predicted octanol–water partition coefficient (Wildman–Crippen LogP) is 4.15. The summed E-state index contributed by atoms with van der Waals surface area (Å²) in [6, 6.07) is 16.4. The normalized spacial score (nSPS) is 11.1. The van der Waals surface area contributed by atoms with Crippen LogP contribution in [0.1, 0.15) is 15.9 Å². The fourth-order valence-electron chi connectivity index (χ4n) is 2.57. The summed E-state index contributed by atoms with van der Waals surface area (Å²) in [5, 5.41) is 15.0. The van der Waals surface area contributed by atoms with Gasteiger partial charge in [-0.25, -0.2) is 0 Å². The van der Waals surface area contributed by atoms with Crippen molar-refractivity contribution in [3.05, 3.63) is 70.6 Å². The topological polar surface area (TPSA) is 73.2 Å². The highest BCUT2D eigenvalue weighted by atomic mass is 32.1. The third kappa shape index (κ3) is 4.05. The van der Waals surface area contributed by atoms with E-state index in [1.54, 1.807) is 55.8 Å². The van der Waals surface area contributed by atoms with Crippen LogP contribution in [0, 0.1) is 11.3 Å². The number of nitrogens with one attached hydrogen (secondary N) is 1. The van der Waals surface area contributed by atoms with Crippen LogP contribution in [0.4, 0.5) is 5.69 Å². The Bertz CT molecular complexity index is 1070. The summed E-state index contributed by atoms with van der Waals surface area (Å²) >= 11 is 1.57. The van der Waals surface area contributed by atoms with Crippen molar-refractivity contribution in [3.8, 4) is 6.07 Å². The van der Waals surface area contributed by atoms with E-state index < -0.39 is 5.91 Å². The summed E-state index contributed by atoms with van der Waals surface area (Å²) in [6.07, 6.45) is 1.60. The molecule has 0 unspecified atom stereocenters. The number of carbonyl (C=O) groups is 2. The molecule has 3 aromatic rings. The molecule has 0 spiro atoms. The van der Waals surface area contributed by atoms with Crippen molar-refractivity contribution < 1.29 is 9.59 Å². The van der Waals surface area contributed by atoms with Gasteiger partial charge in [-0.3, -0.25) is 9.59 Å². The van der Waals surface area contributed by atoms with Gasteiger partial charge in [0.05, 0.1) is 0 Å². The van der Waals surface area contributed by atoms with E-state index in [0.717, 1.165) is 15.6 Å². The van der Waals surface area contributed by atoms with Crippen LogP contribution < -0.4 is 5.32 Å². The minimum Gasteiger partial charge on any atom is -0.345 e. The molecule has 0 saturated carbocycles. The predicted molar refractivity (Wildman–Crippen MR) is 109 cm³/mol. The van der Waals surface area contributed by atoms with E-state index in [1.807, 2.05) is 35.7 Å². The van der Waals surface area contributed by atoms with Gasteiger partial charge in [-0.2, -0.15) is 5.26 Å². The molecule has 134 valence electrons. The number of amides is 2. The quantitative estimate of drug-likeness (QED) is 0.550. The Morgan fingerprint density at radius 3 is 2.48 bits per heavy atom. The molecule has 0 bridgehead atoms. The molecule has 5 nitrogen and oxygen atoms in total. The molecule has 27 heavy (non-hydrogen) atoms. The van der Waals surface area contributed by atoms with E-state index in [4.69, 9.17) is 0 Å². The Hall–Kier alpha value is -3.43. The molecular formula is C21H17N3O2S. The Morgan fingerprint density at radius 1 is 1.11 bits per heavy atom. The summed E-state index contributed by atoms with van der Waals surface area (Å²) in [6.45, 7) is 0. The lowest BCUT2D eigenvalue weighted by Gasteiger charge is -2.10. The molecule has 6 heteroatoms. The number of rotatable bonds is 4. The Morgan fingerprint density at radius 2 is 1.81 bits per heavy atom. The Balaban J connectivity index is 1.80. The molecule has 0 aliphatic carbocycles. The van der Waals surface area contributed by atoms with Gasteiger partial charge in [0.25, 0.3) is 11.8 Å². The van der Waals surface area contributed by atoms with Crippen LogP contribution in [-0.4, -0.2) is 30.8 Å². The minimum absolute atomic E-state index is 0.0204. The summed E-state index contributed by atoms with van der Waals surface area (Å²) < 4.78 is 1.10. The maximum Gasteiger partial charge on any atom is 0.266 e. The fraction of sp³-hybridized carbons (Fsp3) is 0.0952. The summed E-state index contributed by atoms with van der Waals surface area (Å²) in [5.74, 6) is -0.603. The molecule has 0 radical (unpaired) electrons. The molecule has 0 saturated heterocycles. The van der Waals surface area contributed by atoms with Gasteiger partial charge in [0.15, 0.2) is 0 Å². The van der Waals surface area contributed by atoms with E-state index in [1.165, 1.54) is 4.90 Å². The van der Waals surface area contributed by atoms with Crippen molar-refractivity contribution in [3.63, 3.8) is 0 Å². The molecule has 1 aromatic heterocycles. The van der Waals surface area contributed by atoms with Crippen LogP contribution in [0.25, 0.3) is 16.2 Å². The van der Waals surface area contributed by atoms with E-state index in [2.05, 4.69) is 5.32 Å². The van der Waals surface area contributed by atoms with Crippen LogP contribution in [0.2, 0.25) is 0 Å². The standard InChI is InChI=1S/C21H17N3O2S/c1-24(2)21(26)14-7-9-17(10-8-14)23-20(25)15(12-22)11-16-13-27-19-6-4-3-5-18(16)19/h3-11,13H,1-2H3,(H,23,25)/b15-11+. The average molecular weight is 375 g/mol. The van der Waals surface area contributed by atoms with Gasteiger partial charge < -0.3 is 10.2 Å². The van der Waals surface area contributed by atoms with Crippen molar-refractivity contribution in [2.24, 2.45) is 0 Å². The van der Waals surface area contributed by atoms with Crippen molar-refractivity contribution >= 4 is 45.0 Å². The van der Waals surface area contributed by atoms with Crippen molar-refractivity contribution in [2.45, 2.75) is 0 Å². The van der Waals surface area contributed by atoms with Crippen LogP contribution in [-0.2, 0) is 4.79 Å². The number of benzene rings is 2. The summed E-state index contributed by atoms with van der Waals surface area (Å²) in [4.78, 5) is 25.8. The first kappa shape index (κ1) is 18.4. The number of carbonyl (C=O) groups excluding carboxylic acids is 2. The van der Waals surface area contributed by atoms with Gasteiger partial charge in [0, 0.05) is 30.0 Å². The lowest BCUT2D eigenvalue weighted by Crippen LogP contribution is -2.21. The van der Waals surface area contributed by atoms with Crippen molar-refractivity contribution in [1.29, 1.82) is 5.26 Å². The number of nitrogens with zero attached hydrogens (tertiary/aromatic N) is 2. The second kappa shape index (κ2) is 7.85. The van der Waals surface area contributed by atoms with Gasteiger partial charge in [-0.15, -0.1) is 11.3 Å². The van der Waals surface area contributed by atoms with E-state index in [-0.39, 0.29) is 11.5 Å². The highest BCUT2D eigenvalue weighted by Gasteiger charge is 2.12. The zero-order valence-corrected chi connectivity index (χ0v) is 15.7. The maximum atomic E-state index is 12.5. The third-order valence-corrected chi connectivity index (χ3v) is 4.95. The molecular weight excluding hydrogens is 358 g/mol. The molecule has 0 fully saturated rings. The summed E-state index contributed by atoms with van der Waals surface area (Å²) in [7, 11) is 3.35. The van der Waals surface area contributed by atoms with Crippen molar-refractivity contribution in [1.82, 2.24) is 4.90 Å². The molecule has 1 N–H and O–H groups in total. The number of fused-ring (bicyclic) bond motifs is 1. The highest BCUT2D eigenvalue weighted by Crippen LogP contribution is 2.27. The lowest BCUT2D eigenvalue weighted by atomic mass is 10.1. The van der Waals surface area contributed by atoms with Crippen molar-refractivity contribution in [2.75, 3.05) is 19.4 Å². The molecule has 2 aromatic carbocycles. The Kier molecular flexibility index (Phi) is 5.34. The highest BCUT2D eigenvalue weighted by molar-refractivity contribution is 7.17. The van der Waals surface area contributed by atoms with E-state index in [9.17, 15) is 14.9 Å². The van der Waals surface area contributed by atoms with Crippen LogP contribution in [0.15, 0.2) is 59.5 Å². The smallest absolute Gasteiger partial charge is 0.266 e. The number of nitriles is 1. The van der Waals surface area contributed by atoms with E-state index in [0.29, 0.717) is 11.3 Å². The van der Waals surface area contributed by atoms with Crippen LogP contribution >= 0.6 is 11.3 Å². The van der Waals surface area contributed by atoms with Gasteiger partial charge in [-0.1, -0.05) is 18.2 Å². The fourth-order valence-corrected chi connectivity index (χ4v) is 3.49. The summed E-state index contributed by atoms with van der Waals surface area (Å²) in [5.41, 5.74) is 1.91. The van der Waals surface area contributed by atoms with E-state index >= 15 is 0 Å². The molecule has 0 aliphatic rings. The number of thiophene rings is 1. The molecule has 1 heterocycles. The van der Waals surface area contributed by atoms with Crippen LogP contribution in [0.5, 0.6) is 0 Å². The molecule has 0 aliphatic heterocycles. The van der Waals surface area contributed by atoms with Gasteiger partial charge in [0.1, 0.15) is 11.6 Å². The number of hydrogen-bond donors (Lipinski definition) is 1. The second-order valence-electron chi connectivity index (χ2n) is 6.09. The third-order valence-electron chi connectivity index (χ3n) is 3.97. The minimum atomic E-state index is -0.487. The van der Waals surface area contributed by atoms with Crippen LogP contribution in [0.3, 0.4) is 0 Å². The average Bonchev–Trinajstić information content (AvgIpc) is 3.09. The first-order valence-corrected chi connectivity index (χ1v) is 9.08. The molecule has 2 amide bonds. The maximum absolute atomic E-state index is 12.5. The SMILES string of the molecule is CN(C)C(=O)c1ccc(NC(=O)/C(C#N)=C/c2csc3ccccc23)cc1. The van der Waals surface area contributed by atoms with Gasteiger partial charge in [-0.05, 0) is 52.7 Å². The molecule has 0 atom stereocenters. The zero-order valence-electron chi connectivity index (χ0n) is 14.9. The first-order chi connectivity index (χ1) is 13.0. The number of anilines is 1. The zero-order chi connectivity index (χ0) is 19.4. The lowest BCUT2D eigenvalue weighted by molar-refractivity contribution is -0.112.